The van der Waals surface area contributed by atoms with Crippen molar-refractivity contribution in [3.8, 4) is 0 Å². The van der Waals surface area contributed by atoms with Gasteiger partial charge in [0.05, 0.1) is 0 Å². The van der Waals surface area contributed by atoms with Gasteiger partial charge in [-0.05, 0) is 28.7 Å². The van der Waals surface area contributed by atoms with Crippen LogP contribution in [0.25, 0.3) is 5.57 Å². The largest absolute Gasteiger partial charge is 0.0651 e. The fourth-order valence-corrected chi connectivity index (χ4v) is 2.70. The van der Waals surface area contributed by atoms with Crippen LogP contribution in [0.4, 0.5) is 0 Å². The van der Waals surface area contributed by atoms with Gasteiger partial charge >= 0.3 is 0 Å². The fraction of sp³-hybridized carbons (Fsp3) is 0.167. The molecule has 0 aromatic heterocycles. The summed E-state index contributed by atoms with van der Waals surface area (Å²) in [7, 11) is 0. The monoisotopic (exact) mass is 233 g/mol. The van der Waals surface area contributed by atoms with Crippen molar-refractivity contribution in [1.82, 2.24) is 0 Å². The standard InChI is InChI=1S/C18H17/c1-2-8-16-13-15-11-6-7-12-17(15)18(16)14-9-4-3-5-10-14/h3-7,9-13H,2,8H2,1H3. The SMILES string of the molecule is CCCC1=C(c2ccccc2)c2ccccc2[CH]1. The Morgan fingerprint density at radius 1 is 0.833 bits per heavy atom. The highest BCUT2D eigenvalue weighted by Gasteiger charge is 2.21. The van der Waals surface area contributed by atoms with Gasteiger partial charge in [-0.2, -0.15) is 0 Å². The van der Waals surface area contributed by atoms with Gasteiger partial charge in [-0.15, -0.1) is 0 Å². The van der Waals surface area contributed by atoms with Crippen LogP contribution in [0.2, 0.25) is 0 Å². The smallest absolute Gasteiger partial charge is 0.0170 e. The topological polar surface area (TPSA) is 0 Å². The molecule has 2 aromatic rings. The lowest BCUT2D eigenvalue weighted by atomic mass is 9.96. The Hall–Kier alpha value is -1.82. The van der Waals surface area contributed by atoms with E-state index in [-0.39, 0.29) is 0 Å². The molecule has 0 unspecified atom stereocenters. The minimum atomic E-state index is 1.15. The van der Waals surface area contributed by atoms with Crippen molar-refractivity contribution in [2.45, 2.75) is 19.8 Å². The second-order valence-electron chi connectivity index (χ2n) is 4.75. The molecule has 18 heavy (non-hydrogen) atoms. The van der Waals surface area contributed by atoms with Gasteiger partial charge in [-0.1, -0.05) is 73.5 Å². The van der Waals surface area contributed by atoms with Crippen LogP contribution in [0.15, 0.2) is 60.2 Å². The molecule has 0 heterocycles. The molecule has 0 bridgehead atoms. The fourth-order valence-electron chi connectivity index (χ4n) is 2.70. The van der Waals surface area contributed by atoms with Crippen molar-refractivity contribution in [3.05, 3.63) is 83.3 Å². The first kappa shape index (κ1) is 11.3. The first-order valence-corrected chi connectivity index (χ1v) is 6.63. The molecule has 0 saturated carbocycles. The molecule has 0 N–H and O–H groups in total. The van der Waals surface area contributed by atoms with E-state index in [1.807, 2.05) is 0 Å². The Labute approximate surface area is 109 Å². The summed E-state index contributed by atoms with van der Waals surface area (Å²) in [6.45, 7) is 2.24. The average Bonchev–Trinajstić information content (AvgIpc) is 2.78. The molecule has 0 aliphatic heterocycles. The number of allylic oxidation sites excluding steroid dienone is 1. The normalized spacial score (nSPS) is 13.8. The molecule has 0 saturated heterocycles. The van der Waals surface area contributed by atoms with Gasteiger partial charge < -0.3 is 0 Å². The minimum absolute atomic E-state index is 1.15. The van der Waals surface area contributed by atoms with Gasteiger partial charge in [0.1, 0.15) is 0 Å². The van der Waals surface area contributed by atoms with E-state index < -0.39 is 0 Å². The Bertz CT molecular complexity index is 576. The van der Waals surface area contributed by atoms with E-state index in [2.05, 4.69) is 67.9 Å². The van der Waals surface area contributed by atoms with Crippen molar-refractivity contribution in [2.24, 2.45) is 0 Å². The summed E-state index contributed by atoms with van der Waals surface area (Å²) in [4.78, 5) is 0. The van der Waals surface area contributed by atoms with Crippen LogP contribution in [0.1, 0.15) is 36.5 Å². The second-order valence-corrected chi connectivity index (χ2v) is 4.75. The summed E-state index contributed by atoms with van der Waals surface area (Å²) in [6.07, 6.45) is 4.69. The number of benzene rings is 2. The van der Waals surface area contributed by atoms with E-state index in [0.717, 1.165) is 6.42 Å². The van der Waals surface area contributed by atoms with E-state index >= 15 is 0 Å². The second kappa shape index (κ2) is 4.81. The third-order valence-electron chi connectivity index (χ3n) is 3.46. The van der Waals surface area contributed by atoms with E-state index in [0.29, 0.717) is 0 Å². The molecular weight excluding hydrogens is 216 g/mol. The van der Waals surface area contributed by atoms with E-state index in [4.69, 9.17) is 0 Å². The highest BCUT2D eigenvalue weighted by Crippen LogP contribution is 2.40. The van der Waals surface area contributed by atoms with Crippen molar-refractivity contribution in [2.75, 3.05) is 0 Å². The number of hydrogen-bond donors (Lipinski definition) is 0. The summed E-state index contributed by atoms with van der Waals surface area (Å²) < 4.78 is 0. The number of rotatable bonds is 3. The third-order valence-corrected chi connectivity index (χ3v) is 3.46. The van der Waals surface area contributed by atoms with Gasteiger partial charge in [0.2, 0.25) is 0 Å². The summed E-state index contributed by atoms with van der Waals surface area (Å²) in [6, 6.07) is 19.4. The molecule has 1 aliphatic carbocycles. The van der Waals surface area contributed by atoms with E-state index in [9.17, 15) is 0 Å². The lowest BCUT2D eigenvalue weighted by Gasteiger charge is -2.08. The van der Waals surface area contributed by atoms with Crippen LogP contribution < -0.4 is 0 Å². The molecule has 0 amide bonds. The molecule has 0 fully saturated rings. The molecule has 0 heteroatoms. The van der Waals surface area contributed by atoms with Gasteiger partial charge in [0.25, 0.3) is 0 Å². The average molecular weight is 233 g/mol. The van der Waals surface area contributed by atoms with Crippen LogP contribution in [0, 0.1) is 6.42 Å². The number of hydrogen-bond acceptors (Lipinski definition) is 0. The highest BCUT2D eigenvalue weighted by molar-refractivity contribution is 5.90. The Kier molecular flexibility index (Phi) is 3.02. The first-order chi connectivity index (χ1) is 8.90. The molecule has 0 spiro atoms. The maximum Gasteiger partial charge on any atom is 0.0170 e. The molecular formula is C18H17. The van der Waals surface area contributed by atoms with Crippen molar-refractivity contribution in [3.63, 3.8) is 0 Å². The predicted molar refractivity (Wildman–Crippen MR) is 77.2 cm³/mol. The summed E-state index contributed by atoms with van der Waals surface area (Å²) in [5.74, 6) is 0. The molecule has 1 radical (unpaired) electrons. The molecule has 0 atom stereocenters. The zero-order valence-electron chi connectivity index (χ0n) is 10.7. The van der Waals surface area contributed by atoms with Gasteiger partial charge in [-0.3, -0.25) is 0 Å². The lowest BCUT2D eigenvalue weighted by molar-refractivity contribution is 0.921. The summed E-state index contributed by atoms with van der Waals surface area (Å²) in [5, 5.41) is 0. The Balaban J connectivity index is 2.14. The Morgan fingerprint density at radius 3 is 2.33 bits per heavy atom. The van der Waals surface area contributed by atoms with Crippen LogP contribution in [0.3, 0.4) is 0 Å². The molecule has 1 aliphatic rings. The van der Waals surface area contributed by atoms with Crippen molar-refractivity contribution >= 4 is 5.57 Å². The van der Waals surface area contributed by atoms with Crippen LogP contribution >= 0.6 is 0 Å². The Morgan fingerprint density at radius 2 is 1.56 bits per heavy atom. The zero-order valence-corrected chi connectivity index (χ0v) is 10.7. The summed E-state index contributed by atoms with van der Waals surface area (Å²) in [5.41, 5.74) is 6.98. The third kappa shape index (κ3) is 1.88. The molecule has 3 rings (SSSR count). The predicted octanol–water partition coefficient (Wildman–Crippen LogP) is 4.85. The maximum atomic E-state index is 2.35. The number of fused-ring (bicyclic) bond motifs is 1. The quantitative estimate of drug-likeness (QED) is 0.710. The van der Waals surface area contributed by atoms with Crippen LogP contribution in [-0.4, -0.2) is 0 Å². The van der Waals surface area contributed by atoms with Gasteiger partial charge in [0.15, 0.2) is 0 Å². The van der Waals surface area contributed by atoms with E-state index in [1.165, 1.54) is 34.3 Å². The zero-order chi connectivity index (χ0) is 12.4. The highest BCUT2D eigenvalue weighted by atomic mass is 14.2. The molecule has 2 aromatic carbocycles. The minimum Gasteiger partial charge on any atom is -0.0651 e. The van der Waals surface area contributed by atoms with Crippen molar-refractivity contribution in [1.29, 1.82) is 0 Å². The lowest BCUT2D eigenvalue weighted by Crippen LogP contribution is -1.88. The van der Waals surface area contributed by atoms with Crippen molar-refractivity contribution < 1.29 is 0 Å². The van der Waals surface area contributed by atoms with Gasteiger partial charge in [0, 0.05) is 6.42 Å². The molecule has 0 nitrogen and oxygen atoms in total. The van der Waals surface area contributed by atoms with Gasteiger partial charge in [-0.25, -0.2) is 0 Å². The van der Waals surface area contributed by atoms with Crippen LogP contribution in [0.5, 0.6) is 0 Å². The maximum absolute atomic E-state index is 2.35. The van der Waals surface area contributed by atoms with Crippen LogP contribution in [-0.2, 0) is 0 Å². The summed E-state index contributed by atoms with van der Waals surface area (Å²) >= 11 is 0. The van der Waals surface area contributed by atoms with E-state index in [1.54, 1.807) is 0 Å². The first-order valence-electron chi connectivity index (χ1n) is 6.63. The molecule has 89 valence electrons.